The van der Waals surface area contributed by atoms with Crippen molar-refractivity contribution >= 4 is 11.5 Å². The third kappa shape index (κ3) is 2.51. The van der Waals surface area contributed by atoms with Gasteiger partial charge in [-0.1, -0.05) is 6.08 Å². The molecule has 2 heterocycles. The maximum Gasteiger partial charge on any atom is 0.254 e. The monoisotopic (exact) mass is 408 g/mol. The van der Waals surface area contributed by atoms with Crippen LogP contribution in [0, 0.1) is 0 Å². The normalized spacial score (nSPS) is 22.1. The van der Waals surface area contributed by atoms with Gasteiger partial charge in [0.1, 0.15) is 0 Å². The summed E-state index contributed by atoms with van der Waals surface area (Å²) >= 11 is 0. The molecular weight excluding hydrogens is 384 g/mol. The molecule has 0 saturated heterocycles. The summed E-state index contributed by atoms with van der Waals surface area (Å²) in [5.41, 5.74) is 10.7. The van der Waals surface area contributed by atoms with E-state index in [1.165, 1.54) is 0 Å². The van der Waals surface area contributed by atoms with E-state index in [2.05, 4.69) is 6.08 Å². The van der Waals surface area contributed by atoms with Crippen LogP contribution in [0.25, 0.3) is 5.57 Å². The Bertz CT molecular complexity index is 1080. The fourth-order valence-corrected chi connectivity index (χ4v) is 4.87. The Morgan fingerprint density at radius 1 is 1.07 bits per heavy atom. The summed E-state index contributed by atoms with van der Waals surface area (Å²) in [5, 5.41) is 0. The molecule has 0 saturated carbocycles. The summed E-state index contributed by atoms with van der Waals surface area (Å²) in [6.45, 7) is 0.761. The predicted molar refractivity (Wildman–Crippen MR) is 111 cm³/mol. The van der Waals surface area contributed by atoms with Crippen molar-refractivity contribution in [3.63, 3.8) is 0 Å². The lowest BCUT2D eigenvalue weighted by Crippen LogP contribution is -2.38. The molecule has 1 amide bonds. The minimum Gasteiger partial charge on any atom is -0.493 e. The van der Waals surface area contributed by atoms with E-state index >= 15 is 0 Å². The summed E-state index contributed by atoms with van der Waals surface area (Å²) in [6.07, 6.45) is 2.92. The largest absolute Gasteiger partial charge is 0.493 e. The van der Waals surface area contributed by atoms with Crippen molar-refractivity contribution in [1.29, 1.82) is 0 Å². The smallest absolute Gasteiger partial charge is 0.254 e. The standard InChI is InChI=1S/C23H24N2O5/c1-25-22-15-9-20-19(29-11-30-20)7-13(15)12(5-4-6-24)21(22)14-8-17(27-2)18(28-3)10-16(14)23(25)26/h5,7-10,21-22H,4,6,11,24H2,1-3H3/b12-5+. The van der Waals surface area contributed by atoms with E-state index in [4.69, 9.17) is 24.7 Å². The predicted octanol–water partition coefficient (Wildman–Crippen LogP) is 3.09. The van der Waals surface area contributed by atoms with Crippen LogP contribution in [0.2, 0.25) is 0 Å². The van der Waals surface area contributed by atoms with Crippen LogP contribution in [-0.2, 0) is 0 Å². The van der Waals surface area contributed by atoms with Gasteiger partial charge in [-0.15, -0.1) is 0 Å². The molecule has 1 aliphatic carbocycles. The summed E-state index contributed by atoms with van der Waals surface area (Å²) in [5.74, 6) is 2.51. The Hall–Kier alpha value is -3.19. The molecular formula is C23H24N2O5. The Morgan fingerprint density at radius 3 is 2.47 bits per heavy atom. The highest BCUT2D eigenvalue weighted by atomic mass is 16.7. The minimum absolute atomic E-state index is 0.0356. The average Bonchev–Trinajstić information content (AvgIpc) is 3.35. The third-order valence-corrected chi connectivity index (χ3v) is 6.21. The second kappa shape index (κ2) is 6.95. The van der Waals surface area contributed by atoms with Crippen molar-refractivity contribution in [2.75, 3.05) is 34.6 Å². The van der Waals surface area contributed by atoms with Crippen molar-refractivity contribution in [3.05, 3.63) is 52.6 Å². The number of fused-ring (bicyclic) bond motifs is 6. The zero-order valence-electron chi connectivity index (χ0n) is 17.2. The molecule has 2 N–H and O–H groups in total. The van der Waals surface area contributed by atoms with Crippen LogP contribution in [0.15, 0.2) is 30.3 Å². The van der Waals surface area contributed by atoms with E-state index in [1.807, 2.05) is 30.1 Å². The molecule has 2 aromatic carbocycles. The van der Waals surface area contributed by atoms with Gasteiger partial charge in [0, 0.05) is 18.5 Å². The molecule has 2 atom stereocenters. The number of hydrogen-bond acceptors (Lipinski definition) is 6. The lowest BCUT2D eigenvalue weighted by molar-refractivity contribution is 0.0697. The van der Waals surface area contributed by atoms with E-state index in [9.17, 15) is 4.79 Å². The number of amides is 1. The van der Waals surface area contributed by atoms with Gasteiger partial charge in [0.2, 0.25) is 6.79 Å². The van der Waals surface area contributed by atoms with Gasteiger partial charge in [-0.25, -0.2) is 0 Å². The number of carbonyl (C=O) groups is 1. The number of methoxy groups -OCH3 is 2. The first kappa shape index (κ1) is 18.8. The fraction of sp³-hybridized carbons (Fsp3) is 0.348. The highest BCUT2D eigenvalue weighted by Crippen LogP contribution is 2.59. The molecule has 30 heavy (non-hydrogen) atoms. The maximum absolute atomic E-state index is 13.3. The van der Waals surface area contributed by atoms with E-state index < -0.39 is 0 Å². The molecule has 0 aromatic heterocycles. The topological polar surface area (TPSA) is 83.3 Å². The molecule has 3 aliphatic rings. The van der Waals surface area contributed by atoms with Gasteiger partial charge >= 0.3 is 0 Å². The first-order valence-electron chi connectivity index (χ1n) is 9.96. The van der Waals surface area contributed by atoms with Crippen molar-refractivity contribution in [3.8, 4) is 23.0 Å². The first-order valence-corrected chi connectivity index (χ1v) is 9.96. The summed E-state index contributed by atoms with van der Waals surface area (Å²) in [7, 11) is 5.02. The van der Waals surface area contributed by atoms with Crippen LogP contribution in [0.5, 0.6) is 23.0 Å². The molecule has 0 radical (unpaired) electrons. The maximum atomic E-state index is 13.3. The van der Waals surface area contributed by atoms with E-state index in [0.29, 0.717) is 29.4 Å². The SMILES string of the molecule is COc1cc2c(cc1OC)C1/C(=C/CCN)c3cc4c(cc3C1N(C)C2=O)OCO4. The number of rotatable bonds is 4. The lowest BCUT2D eigenvalue weighted by atomic mass is 9.81. The molecule has 2 unspecified atom stereocenters. The van der Waals surface area contributed by atoms with Gasteiger partial charge in [0.25, 0.3) is 5.91 Å². The molecule has 2 aromatic rings. The van der Waals surface area contributed by atoms with Gasteiger partial charge in [-0.05, 0) is 59.5 Å². The second-order valence-electron chi connectivity index (χ2n) is 7.66. The van der Waals surface area contributed by atoms with Crippen LogP contribution < -0.4 is 24.7 Å². The van der Waals surface area contributed by atoms with Crippen LogP contribution >= 0.6 is 0 Å². The molecule has 156 valence electrons. The van der Waals surface area contributed by atoms with Gasteiger partial charge in [-0.3, -0.25) is 4.79 Å². The van der Waals surface area contributed by atoms with E-state index in [0.717, 1.165) is 34.4 Å². The van der Waals surface area contributed by atoms with Crippen LogP contribution in [0.4, 0.5) is 0 Å². The van der Waals surface area contributed by atoms with Crippen molar-refractivity contribution in [2.45, 2.75) is 18.4 Å². The highest BCUT2D eigenvalue weighted by Gasteiger charge is 2.47. The van der Waals surface area contributed by atoms with Crippen molar-refractivity contribution < 1.29 is 23.7 Å². The number of carbonyl (C=O) groups excluding carboxylic acids is 1. The van der Waals surface area contributed by atoms with Crippen LogP contribution in [-0.4, -0.2) is 45.4 Å². The Morgan fingerprint density at radius 2 is 1.77 bits per heavy atom. The second-order valence-corrected chi connectivity index (χ2v) is 7.66. The third-order valence-electron chi connectivity index (χ3n) is 6.21. The quantitative estimate of drug-likeness (QED) is 0.837. The summed E-state index contributed by atoms with van der Waals surface area (Å²) in [4.78, 5) is 15.1. The molecule has 5 rings (SSSR count). The number of nitrogens with two attached hydrogens (primary N) is 1. The number of likely N-dealkylation sites (N-methyl/N-ethyl adjacent to an activating group) is 1. The van der Waals surface area contributed by atoms with Gasteiger partial charge in [0.05, 0.1) is 20.3 Å². The van der Waals surface area contributed by atoms with Gasteiger partial charge in [0.15, 0.2) is 23.0 Å². The zero-order chi connectivity index (χ0) is 21.0. The van der Waals surface area contributed by atoms with Crippen LogP contribution in [0.1, 0.15) is 45.4 Å². The lowest BCUT2D eigenvalue weighted by Gasteiger charge is -2.37. The molecule has 0 bridgehead atoms. The molecule has 7 heteroatoms. The molecule has 2 aliphatic heterocycles. The first-order chi connectivity index (χ1) is 14.6. The summed E-state index contributed by atoms with van der Waals surface area (Å²) in [6, 6.07) is 7.60. The fourth-order valence-electron chi connectivity index (χ4n) is 4.87. The Kier molecular flexibility index (Phi) is 4.36. The number of hydrogen-bond donors (Lipinski definition) is 1. The van der Waals surface area contributed by atoms with Gasteiger partial charge < -0.3 is 29.6 Å². The van der Waals surface area contributed by atoms with Crippen molar-refractivity contribution in [2.24, 2.45) is 5.73 Å². The summed E-state index contributed by atoms with van der Waals surface area (Å²) < 4.78 is 22.2. The number of ether oxygens (including phenoxy) is 4. The minimum atomic E-state index is -0.142. The highest BCUT2D eigenvalue weighted by molar-refractivity contribution is 6.01. The number of benzene rings is 2. The number of nitrogens with zero attached hydrogens (tertiary/aromatic N) is 1. The van der Waals surface area contributed by atoms with Crippen LogP contribution in [0.3, 0.4) is 0 Å². The zero-order valence-corrected chi connectivity index (χ0v) is 17.2. The van der Waals surface area contributed by atoms with Gasteiger partial charge in [-0.2, -0.15) is 0 Å². The Balaban J connectivity index is 1.76. The average molecular weight is 408 g/mol. The Labute approximate surface area is 175 Å². The molecule has 0 fully saturated rings. The van der Waals surface area contributed by atoms with E-state index in [-0.39, 0.29) is 24.7 Å². The molecule has 7 nitrogen and oxygen atoms in total. The van der Waals surface area contributed by atoms with Crippen molar-refractivity contribution in [1.82, 2.24) is 4.90 Å². The van der Waals surface area contributed by atoms with E-state index in [1.54, 1.807) is 20.3 Å². The molecule has 0 spiro atoms.